The monoisotopic (exact) mass is 344 g/mol. The smallest absolute Gasteiger partial charge is 0.243 e. The van der Waals surface area contributed by atoms with Crippen LogP contribution < -0.4 is 5.32 Å². The Balaban J connectivity index is 2.05. The minimum absolute atomic E-state index is 0.0152. The van der Waals surface area contributed by atoms with E-state index in [1.807, 2.05) is 36.2 Å². The molecule has 1 N–H and O–H groups in total. The highest BCUT2D eigenvalue weighted by Crippen LogP contribution is 2.08. The molecule has 5 nitrogen and oxygen atoms in total. The maximum absolute atomic E-state index is 11.8. The summed E-state index contributed by atoms with van der Waals surface area (Å²) in [5.74, 6) is 0.709. The van der Waals surface area contributed by atoms with E-state index in [1.165, 1.54) is 10.4 Å². The van der Waals surface area contributed by atoms with Crippen molar-refractivity contribution in [3.8, 4) is 0 Å². The minimum Gasteiger partial charge on any atom is -0.351 e. The molecule has 24 heavy (non-hydrogen) atoms. The number of nitrogens with one attached hydrogen (secondary N) is 1. The Morgan fingerprint density at radius 2 is 1.88 bits per heavy atom. The van der Waals surface area contributed by atoms with Gasteiger partial charge in [0.15, 0.2) is 5.96 Å². The Morgan fingerprint density at radius 1 is 1.12 bits per heavy atom. The lowest BCUT2D eigenvalue weighted by atomic mass is 10.2. The van der Waals surface area contributed by atoms with Crippen molar-refractivity contribution in [3.63, 3.8) is 0 Å². The van der Waals surface area contributed by atoms with Gasteiger partial charge in [0.25, 0.3) is 0 Å². The lowest BCUT2D eigenvalue weighted by Crippen LogP contribution is -2.39. The van der Waals surface area contributed by atoms with Gasteiger partial charge in [-0.25, -0.2) is 4.99 Å². The van der Waals surface area contributed by atoms with Crippen molar-refractivity contribution in [1.29, 1.82) is 0 Å². The molecule has 0 aliphatic heterocycles. The molecule has 0 spiro atoms. The first-order valence-electron chi connectivity index (χ1n) is 7.82. The quantitative estimate of drug-likeness (QED) is 0.647. The van der Waals surface area contributed by atoms with Gasteiger partial charge < -0.3 is 15.1 Å². The number of likely N-dealkylation sites (N-methyl/N-ethyl adjacent to an activating group) is 1. The minimum atomic E-state index is -0.0152. The third-order valence-electron chi connectivity index (χ3n) is 3.49. The molecule has 0 atom stereocenters. The van der Waals surface area contributed by atoms with E-state index < -0.39 is 0 Å². The van der Waals surface area contributed by atoms with Gasteiger partial charge in [-0.15, -0.1) is 11.3 Å². The number of amides is 1. The van der Waals surface area contributed by atoms with Crippen LogP contribution in [0.15, 0.2) is 52.8 Å². The molecule has 2 aromatic rings. The van der Waals surface area contributed by atoms with Crippen LogP contribution in [-0.4, -0.2) is 49.4 Å². The van der Waals surface area contributed by atoms with E-state index in [2.05, 4.69) is 33.9 Å². The van der Waals surface area contributed by atoms with Crippen LogP contribution in [0.5, 0.6) is 0 Å². The molecule has 0 unspecified atom stereocenters. The molecule has 0 radical (unpaired) electrons. The summed E-state index contributed by atoms with van der Waals surface area (Å²) in [6, 6.07) is 14.3. The number of aliphatic imine (C=N–C) groups is 1. The lowest BCUT2D eigenvalue weighted by molar-refractivity contribution is -0.127. The molecule has 2 rings (SSSR count). The molecule has 1 aromatic heterocycles. The number of guanidine groups is 1. The first-order valence-corrected chi connectivity index (χ1v) is 8.70. The van der Waals surface area contributed by atoms with Crippen molar-refractivity contribution >= 4 is 23.2 Å². The molecule has 128 valence electrons. The van der Waals surface area contributed by atoms with Crippen LogP contribution in [0.1, 0.15) is 10.4 Å². The number of benzene rings is 1. The van der Waals surface area contributed by atoms with Crippen LogP contribution >= 0.6 is 11.3 Å². The predicted molar refractivity (Wildman–Crippen MR) is 100 cm³/mol. The van der Waals surface area contributed by atoms with E-state index in [4.69, 9.17) is 0 Å². The number of hydrogen-bond donors (Lipinski definition) is 1. The van der Waals surface area contributed by atoms with Gasteiger partial charge in [0.05, 0.1) is 6.54 Å². The Morgan fingerprint density at radius 3 is 2.50 bits per heavy atom. The molecule has 0 bridgehead atoms. The fraction of sp³-hybridized carbons (Fsp3) is 0.333. The number of hydrogen-bond acceptors (Lipinski definition) is 3. The topological polar surface area (TPSA) is 47.9 Å². The molecule has 0 aliphatic carbocycles. The van der Waals surface area contributed by atoms with Crippen LogP contribution in [0.4, 0.5) is 0 Å². The highest BCUT2D eigenvalue weighted by molar-refractivity contribution is 7.09. The van der Waals surface area contributed by atoms with E-state index in [0.717, 1.165) is 12.5 Å². The van der Waals surface area contributed by atoms with Crippen LogP contribution in [-0.2, 0) is 17.9 Å². The van der Waals surface area contributed by atoms with E-state index >= 15 is 0 Å². The second-order valence-corrected chi connectivity index (χ2v) is 6.73. The average Bonchev–Trinajstić information content (AvgIpc) is 3.08. The molecule has 0 aliphatic rings. The van der Waals surface area contributed by atoms with Gasteiger partial charge >= 0.3 is 0 Å². The van der Waals surface area contributed by atoms with E-state index in [9.17, 15) is 4.79 Å². The van der Waals surface area contributed by atoms with Gasteiger partial charge in [-0.1, -0.05) is 36.4 Å². The zero-order chi connectivity index (χ0) is 17.4. The molecule has 1 aromatic carbocycles. The van der Waals surface area contributed by atoms with Gasteiger partial charge in [0.2, 0.25) is 5.91 Å². The normalized spacial score (nSPS) is 11.2. The Labute approximate surface area is 147 Å². The van der Waals surface area contributed by atoms with Gasteiger partial charge in [0.1, 0.15) is 6.54 Å². The summed E-state index contributed by atoms with van der Waals surface area (Å²) in [5, 5.41) is 5.40. The predicted octanol–water partition coefficient (Wildman–Crippen LogP) is 2.41. The first kappa shape index (κ1) is 18.0. The lowest BCUT2D eigenvalue weighted by Gasteiger charge is -2.22. The van der Waals surface area contributed by atoms with E-state index in [1.54, 1.807) is 30.3 Å². The Bertz CT molecular complexity index is 653. The van der Waals surface area contributed by atoms with Crippen molar-refractivity contribution in [1.82, 2.24) is 15.1 Å². The van der Waals surface area contributed by atoms with Crippen molar-refractivity contribution in [2.75, 3.05) is 27.7 Å². The number of carbonyl (C=O) groups excluding carboxylic acids is 1. The zero-order valence-corrected chi connectivity index (χ0v) is 15.2. The Kier molecular flexibility index (Phi) is 6.81. The number of thiophene rings is 1. The van der Waals surface area contributed by atoms with Crippen molar-refractivity contribution in [3.05, 3.63) is 58.3 Å². The van der Waals surface area contributed by atoms with Crippen LogP contribution in [0.3, 0.4) is 0 Å². The summed E-state index contributed by atoms with van der Waals surface area (Å²) in [6.45, 7) is 1.57. The molecule has 0 saturated heterocycles. The first-order chi connectivity index (χ1) is 11.6. The average molecular weight is 344 g/mol. The van der Waals surface area contributed by atoms with Crippen molar-refractivity contribution in [2.24, 2.45) is 4.99 Å². The second kappa shape index (κ2) is 9.08. The maximum atomic E-state index is 11.8. The van der Waals surface area contributed by atoms with Gasteiger partial charge in [0, 0.05) is 32.6 Å². The van der Waals surface area contributed by atoms with Gasteiger partial charge in [-0.05, 0) is 17.0 Å². The van der Waals surface area contributed by atoms with Crippen LogP contribution in [0, 0.1) is 0 Å². The fourth-order valence-corrected chi connectivity index (χ4v) is 2.75. The fourth-order valence-electron chi connectivity index (χ4n) is 2.11. The zero-order valence-electron chi connectivity index (χ0n) is 14.4. The molecule has 1 amide bonds. The molecule has 0 saturated carbocycles. The SMILES string of the molecule is CN(C)C(=O)CN=C(NCc1cccs1)N(C)Cc1ccccc1. The van der Waals surface area contributed by atoms with Gasteiger partial charge in [-0.2, -0.15) is 0 Å². The summed E-state index contributed by atoms with van der Waals surface area (Å²) < 4.78 is 0. The number of nitrogens with zero attached hydrogens (tertiary/aromatic N) is 3. The number of rotatable bonds is 6. The number of carbonyl (C=O) groups is 1. The summed E-state index contributed by atoms with van der Waals surface area (Å²) in [7, 11) is 5.46. The van der Waals surface area contributed by atoms with Crippen LogP contribution in [0.25, 0.3) is 0 Å². The molecular formula is C18H24N4OS. The summed E-state index contributed by atoms with van der Waals surface area (Å²) in [4.78, 5) is 21.1. The standard InChI is InChI=1S/C18H24N4OS/c1-21(2)17(23)13-20-18(19-12-16-10-7-11-24-16)22(3)14-15-8-5-4-6-9-15/h4-11H,12-14H2,1-3H3,(H,19,20). The highest BCUT2D eigenvalue weighted by atomic mass is 32.1. The summed E-state index contributed by atoms with van der Waals surface area (Å²) in [5.41, 5.74) is 1.20. The Hall–Kier alpha value is -2.34. The molecule has 1 heterocycles. The van der Waals surface area contributed by atoms with E-state index in [0.29, 0.717) is 6.54 Å². The summed E-state index contributed by atoms with van der Waals surface area (Å²) >= 11 is 1.70. The molecular weight excluding hydrogens is 320 g/mol. The third-order valence-corrected chi connectivity index (χ3v) is 4.36. The molecule has 0 fully saturated rings. The van der Waals surface area contributed by atoms with E-state index in [-0.39, 0.29) is 12.5 Å². The summed E-state index contributed by atoms with van der Waals surface area (Å²) in [6.07, 6.45) is 0. The van der Waals surface area contributed by atoms with Crippen molar-refractivity contribution < 1.29 is 4.79 Å². The second-order valence-electron chi connectivity index (χ2n) is 5.70. The van der Waals surface area contributed by atoms with Crippen LogP contribution in [0.2, 0.25) is 0 Å². The van der Waals surface area contributed by atoms with Gasteiger partial charge in [-0.3, -0.25) is 4.79 Å². The maximum Gasteiger partial charge on any atom is 0.243 e. The largest absolute Gasteiger partial charge is 0.351 e. The van der Waals surface area contributed by atoms with Crippen molar-refractivity contribution in [2.45, 2.75) is 13.1 Å². The third kappa shape index (κ3) is 5.70. The molecule has 6 heteroatoms. The highest BCUT2D eigenvalue weighted by Gasteiger charge is 2.10.